The first kappa shape index (κ1) is 20.8. The lowest BCUT2D eigenvalue weighted by Gasteiger charge is -2.17. The van der Waals surface area contributed by atoms with E-state index in [1.54, 1.807) is 4.90 Å². The standard InChI is InChI=1S/C21H20ClFN2O4/c1-2-13-3-6-16(7-4-13)25-11-14(9-20(25)27)21(28)29-12-19(26)24-18-8-5-15(23)10-17(18)22/h3-8,10,14H,2,9,11-12H2,1H3,(H,24,26)/t14-/m0/s1. The van der Waals surface area contributed by atoms with E-state index in [1.165, 1.54) is 6.07 Å². The highest BCUT2D eigenvalue weighted by Gasteiger charge is 2.36. The monoisotopic (exact) mass is 418 g/mol. The highest BCUT2D eigenvalue weighted by molar-refractivity contribution is 6.33. The number of nitrogens with zero attached hydrogens (tertiary/aromatic N) is 1. The fraction of sp³-hybridized carbons (Fsp3) is 0.286. The van der Waals surface area contributed by atoms with Gasteiger partial charge in [-0.3, -0.25) is 14.4 Å². The molecule has 0 unspecified atom stereocenters. The minimum atomic E-state index is -0.643. The smallest absolute Gasteiger partial charge is 0.311 e. The molecule has 1 aliphatic rings. The Labute approximate surface area is 172 Å². The van der Waals surface area contributed by atoms with Crippen molar-refractivity contribution >= 4 is 40.8 Å². The molecule has 6 nitrogen and oxygen atoms in total. The van der Waals surface area contributed by atoms with Crippen molar-refractivity contribution < 1.29 is 23.5 Å². The Bertz CT molecular complexity index is 933. The Morgan fingerprint density at radius 1 is 1.24 bits per heavy atom. The summed E-state index contributed by atoms with van der Waals surface area (Å²) in [6.45, 7) is 1.72. The second-order valence-electron chi connectivity index (χ2n) is 6.71. The summed E-state index contributed by atoms with van der Waals surface area (Å²) in [4.78, 5) is 38.1. The van der Waals surface area contributed by atoms with Crippen molar-refractivity contribution in [1.82, 2.24) is 0 Å². The molecule has 2 aromatic rings. The lowest BCUT2D eigenvalue weighted by Crippen LogP contribution is -2.28. The van der Waals surface area contributed by atoms with E-state index in [4.69, 9.17) is 16.3 Å². The molecule has 8 heteroatoms. The van der Waals surface area contributed by atoms with Gasteiger partial charge in [-0.15, -0.1) is 0 Å². The fourth-order valence-electron chi connectivity index (χ4n) is 3.06. The number of esters is 1. The highest BCUT2D eigenvalue weighted by Crippen LogP contribution is 2.26. The van der Waals surface area contributed by atoms with Crippen LogP contribution in [-0.4, -0.2) is 30.9 Å². The van der Waals surface area contributed by atoms with E-state index >= 15 is 0 Å². The van der Waals surface area contributed by atoms with E-state index in [1.807, 2.05) is 31.2 Å². The molecule has 1 aliphatic heterocycles. The molecule has 0 saturated carbocycles. The Morgan fingerprint density at radius 2 is 1.97 bits per heavy atom. The third-order valence-corrected chi connectivity index (χ3v) is 4.98. The van der Waals surface area contributed by atoms with Gasteiger partial charge >= 0.3 is 5.97 Å². The second-order valence-corrected chi connectivity index (χ2v) is 7.11. The van der Waals surface area contributed by atoms with Gasteiger partial charge in [0.1, 0.15) is 5.82 Å². The summed E-state index contributed by atoms with van der Waals surface area (Å²) in [5.41, 5.74) is 2.10. The van der Waals surface area contributed by atoms with Crippen molar-refractivity contribution in [3.8, 4) is 0 Å². The zero-order valence-corrected chi connectivity index (χ0v) is 16.5. The second kappa shape index (κ2) is 9.05. The van der Waals surface area contributed by atoms with E-state index in [9.17, 15) is 18.8 Å². The topological polar surface area (TPSA) is 75.7 Å². The quantitative estimate of drug-likeness (QED) is 0.727. The molecule has 3 rings (SSSR count). The SMILES string of the molecule is CCc1ccc(N2C[C@@H](C(=O)OCC(=O)Nc3ccc(F)cc3Cl)CC2=O)cc1. The van der Waals surface area contributed by atoms with Gasteiger partial charge in [-0.1, -0.05) is 30.7 Å². The van der Waals surface area contributed by atoms with E-state index in [0.717, 1.165) is 29.8 Å². The first-order chi connectivity index (χ1) is 13.9. The summed E-state index contributed by atoms with van der Waals surface area (Å²) in [7, 11) is 0. The van der Waals surface area contributed by atoms with Crippen molar-refractivity contribution in [2.24, 2.45) is 5.92 Å². The van der Waals surface area contributed by atoms with Crippen LogP contribution in [0.1, 0.15) is 18.9 Å². The minimum absolute atomic E-state index is 0.0276. The first-order valence-electron chi connectivity index (χ1n) is 9.18. The number of hydrogen-bond acceptors (Lipinski definition) is 4. The molecule has 1 saturated heterocycles. The van der Waals surface area contributed by atoms with Crippen LogP contribution in [0.5, 0.6) is 0 Å². The molecule has 0 aromatic heterocycles. The molecule has 2 amide bonds. The maximum atomic E-state index is 13.0. The number of carbonyl (C=O) groups is 3. The number of aryl methyl sites for hydroxylation is 1. The molecule has 2 aromatic carbocycles. The van der Waals surface area contributed by atoms with Crippen LogP contribution in [0, 0.1) is 11.7 Å². The van der Waals surface area contributed by atoms with Crippen LogP contribution in [-0.2, 0) is 25.5 Å². The van der Waals surface area contributed by atoms with Crippen molar-refractivity contribution in [1.29, 1.82) is 0 Å². The molecular formula is C21H20ClFN2O4. The van der Waals surface area contributed by atoms with Crippen molar-refractivity contribution in [3.05, 3.63) is 58.9 Å². The molecule has 1 atom stereocenters. The molecule has 0 spiro atoms. The van der Waals surface area contributed by atoms with Gasteiger partial charge in [0.2, 0.25) is 5.91 Å². The molecule has 0 bridgehead atoms. The van der Waals surface area contributed by atoms with Crippen LogP contribution in [0.25, 0.3) is 0 Å². The van der Waals surface area contributed by atoms with Gasteiger partial charge in [0.15, 0.2) is 6.61 Å². The number of anilines is 2. The van der Waals surface area contributed by atoms with Crippen molar-refractivity contribution in [2.45, 2.75) is 19.8 Å². The number of ether oxygens (including phenoxy) is 1. The van der Waals surface area contributed by atoms with E-state index in [-0.39, 0.29) is 29.6 Å². The summed E-state index contributed by atoms with van der Waals surface area (Å²) in [6.07, 6.45) is 0.925. The number of hydrogen-bond donors (Lipinski definition) is 1. The van der Waals surface area contributed by atoms with Gasteiger partial charge in [-0.2, -0.15) is 0 Å². The van der Waals surface area contributed by atoms with Crippen LogP contribution in [0.15, 0.2) is 42.5 Å². The predicted octanol–water partition coefficient (Wildman–Crippen LogP) is 3.58. The highest BCUT2D eigenvalue weighted by atomic mass is 35.5. The molecule has 152 valence electrons. The molecule has 1 N–H and O–H groups in total. The third-order valence-electron chi connectivity index (χ3n) is 4.67. The normalized spacial score (nSPS) is 16.0. The first-order valence-corrected chi connectivity index (χ1v) is 9.56. The maximum Gasteiger partial charge on any atom is 0.311 e. The number of benzene rings is 2. The fourth-order valence-corrected chi connectivity index (χ4v) is 3.27. The molecule has 1 fully saturated rings. The summed E-state index contributed by atoms with van der Waals surface area (Å²) in [5, 5.41) is 2.48. The Kier molecular flexibility index (Phi) is 6.49. The van der Waals surface area contributed by atoms with E-state index in [0.29, 0.717) is 0 Å². The minimum Gasteiger partial charge on any atom is -0.455 e. The van der Waals surface area contributed by atoms with Crippen molar-refractivity contribution in [3.63, 3.8) is 0 Å². The summed E-state index contributed by atoms with van der Waals surface area (Å²) in [5.74, 6) is -2.57. The molecule has 29 heavy (non-hydrogen) atoms. The molecule has 0 aliphatic carbocycles. The zero-order chi connectivity index (χ0) is 21.0. The largest absolute Gasteiger partial charge is 0.455 e. The van der Waals surface area contributed by atoms with Crippen molar-refractivity contribution in [2.75, 3.05) is 23.4 Å². The number of carbonyl (C=O) groups excluding carboxylic acids is 3. The zero-order valence-electron chi connectivity index (χ0n) is 15.8. The Balaban J connectivity index is 1.52. The van der Waals surface area contributed by atoms with Crippen LogP contribution < -0.4 is 10.2 Å². The van der Waals surface area contributed by atoms with Crippen LogP contribution in [0.2, 0.25) is 5.02 Å². The number of rotatable bonds is 6. The van der Waals surface area contributed by atoms with Gasteiger partial charge in [0, 0.05) is 18.7 Å². The molecule has 0 radical (unpaired) electrons. The van der Waals surface area contributed by atoms with Gasteiger partial charge < -0.3 is 15.0 Å². The van der Waals surface area contributed by atoms with Gasteiger partial charge in [0.25, 0.3) is 5.91 Å². The van der Waals surface area contributed by atoms with Gasteiger partial charge in [0.05, 0.1) is 16.6 Å². The van der Waals surface area contributed by atoms with Crippen LogP contribution >= 0.6 is 11.6 Å². The number of nitrogens with one attached hydrogen (secondary N) is 1. The Morgan fingerprint density at radius 3 is 2.62 bits per heavy atom. The predicted molar refractivity (Wildman–Crippen MR) is 107 cm³/mol. The van der Waals surface area contributed by atoms with Crippen LogP contribution in [0.4, 0.5) is 15.8 Å². The van der Waals surface area contributed by atoms with E-state index < -0.39 is 30.2 Å². The van der Waals surface area contributed by atoms with E-state index in [2.05, 4.69) is 5.32 Å². The van der Waals surface area contributed by atoms with Gasteiger partial charge in [-0.05, 0) is 42.3 Å². The number of halogens is 2. The summed E-state index contributed by atoms with van der Waals surface area (Å²) in [6, 6.07) is 11.1. The third kappa shape index (κ3) is 5.12. The summed E-state index contributed by atoms with van der Waals surface area (Å²) >= 11 is 5.84. The molecular weight excluding hydrogens is 399 g/mol. The average molecular weight is 419 g/mol. The Hall–Kier alpha value is -2.93. The number of amides is 2. The summed E-state index contributed by atoms with van der Waals surface area (Å²) < 4.78 is 18.1. The maximum absolute atomic E-state index is 13.0. The average Bonchev–Trinajstić information content (AvgIpc) is 3.10. The lowest BCUT2D eigenvalue weighted by molar-refractivity contribution is -0.151. The van der Waals surface area contributed by atoms with Crippen LogP contribution in [0.3, 0.4) is 0 Å². The van der Waals surface area contributed by atoms with Gasteiger partial charge in [-0.25, -0.2) is 4.39 Å². The molecule has 1 heterocycles. The lowest BCUT2D eigenvalue weighted by atomic mass is 10.1.